The summed E-state index contributed by atoms with van der Waals surface area (Å²) in [6.45, 7) is 4.12. The second-order valence-corrected chi connectivity index (χ2v) is 5.52. The van der Waals surface area contributed by atoms with Gasteiger partial charge < -0.3 is 10.4 Å². The molecule has 0 aromatic carbocycles. The average molecular weight is 245 g/mol. The second-order valence-electron chi connectivity index (χ2n) is 4.97. The van der Waals surface area contributed by atoms with Gasteiger partial charge in [0.25, 0.3) is 0 Å². The summed E-state index contributed by atoms with van der Waals surface area (Å²) in [5.74, 6) is 0.231. The Kier molecular flexibility index (Phi) is 5.12. The third-order valence-electron chi connectivity index (χ3n) is 3.70. The number of carbonyl (C=O) groups excluding carboxylic acids is 1. The minimum Gasteiger partial charge on any atom is -0.394 e. The van der Waals surface area contributed by atoms with Gasteiger partial charge in [-0.15, -0.1) is 0 Å². The number of thiol groups is 1. The van der Waals surface area contributed by atoms with Gasteiger partial charge in [0, 0.05) is 0 Å². The van der Waals surface area contributed by atoms with E-state index in [-0.39, 0.29) is 29.2 Å². The van der Waals surface area contributed by atoms with E-state index < -0.39 is 0 Å². The summed E-state index contributed by atoms with van der Waals surface area (Å²) < 4.78 is 0. The molecule has 16 heavy (non-hydrogen) atoms. The maximum atomic E-state index is 12.0. The van der Waals surface area contributed by atoms with Gasteiger partial charge >= 0.3 is 0 Å². The van der Waals surface area contributed by atoms with Crippen LogP contribution in [0.1, 0.15) is 46.0 Å². The molecule has 4 heteroatoms. The molecule has 0 aliphatic heterocycles. The molecule has 1 aliphatic carbocycles. The quantitative estimate of drug-likeness (QED) is 0.646. The summed E-state index contributed by atoms with van der Waals surface area (Å²) in [5, 5.41) is 12.1. The monoisotopic (exact) mass is 245 g/mol. The molecule has 2 N–H and O–H groups in total. The normalized spacial score (nSPS) is 22.8. The second kappa shape index (κ2) is 5.92. The molecule has 0 bridgehead atoms. The third-order valence-corrected chi connectivity index (χ3v) is 4.45. The Morgan fingerprint density at radius 3 is 2.50 bits per heavy atom. The van der Waals surface area contributed by atoms with Crippen LogP contribution >= 0.6 is 12.6 Å². The first kappa shape index (κ1) is 13.8. The Bertz CT molecular complexity index is 239. The molecule has 2 atom stereocenters. The fraction of sp³-hybridized carbons (Fsp3) is 0.917. The van der Waals surface area contributed by atoms with E-state index in [4.69, 9.17) is 0 Å². The lowest BCUT2D eigenvalue weighted by Crippen LogP contribution is -2.52. The van der Waals surface area contributed by atoms with Crippen molar-refractivity contribution < 1.29 is 9.90 Å². The van der Waals surface area contributed by atoms with E-state index in [1.165, 1.54) is 0 Å². The van der Waals surface area contributed by atoms with Gasteiger partial charge in [0.15, 0.2) is 0 Å². The van der Waals surface area contributed by atoms with Crippen molar-refractivity contribution in [2.45, 2.75) is 56.7 Å². The highest BCUT2D eigenvalue weighted by atomic mass is 32.1. The zero-order chi connectivity index (χ0) is 12.2. The standard InChI is InChI=1S/C12H23NO2S/c1-3-9(2)10(16)11(15)13-12(8-14)6-4-5-7-12/h9-10,14,16H,3-8H2,1-2H3,(H,13,15)/t9-,10-/m1/s1. The number of hydrogen-bond donors (Lipinski definition) is 3. The van der Waals surface area contributed by atoms with Crippen LogP contribution in [0.15, 0.2) is 0 Å². The maximum absolute atomic E-state index is 12.0. The number of hydrogen-bond acceptors (Lipinski definition) is 3. The van der Waals surface area contributed by atoms with Crippen LogP contribution in [0.4, 0.5) is 0 Å². The highest BCUT2D eigenvalue weighted by Gasteiger charge is 2.36. The maximum Gasteiger partial charge on any atom is 0.233 e. The van der Waals surface area contributed by atoms with Crippen LogP contribution in [0.25, 0.3) is 0 Å². The van der Waals surface area contributed by atoms with Crippen LogP contribution in [0, 0.1) is 5.92 Å². The summed E-state index contributed by atoms with van der Waals surface area (Å²) in [7, 11) is 0. The van der Waals surface area contributed by atoms with Crippen LogP contribution < -0.4 is 5.32 Å². The zero-order valence-electron chi connectivity index (χ0n) is 10.2. The summed E-state index contributed by atoms with van der Waals surface area (Å²) in [5.41, 5.74) is -0.370. The van der Waals surface area contributed by atoms with Crippen molar-refractivity contribution in [1.29, 1.82) is 0 Å². The number of nitrogens with one attached hydrogen (secondary N) is 1. The fourth-order valence-corrected chi connectivity index (χ4v) is 2.47. The van der Waals surface area contributed by atoms with Crippen molar-refractivity contribution in [3.8, 4) is 0 Å². The Morgan fingerprint density at radius 1 is 1.50 bits per heavy atom. The van der Waals surface area contributed by atoms with E-state index in [0.717, 1.165) is 32.1 Å². The molecular formula is C12H23NO2S. The number of amides is 1. The molecule has 0 heterocycles. The van der Waals surface area contributed by atoms with Crippen LogP contribution in [0.2, 0.25) is 0 Å². The summed E-state index contributed by atoms with van der Waals surface area (Å²) in [6, 6.07) is 0. The van der Waals surface area contributed by atoms with Crippen LogP contribution in [0.5, 0.6) is 0 Å². The van der Waals surface area contributed by atoms with Crippen molar-refractivity contribution in [2.24, 2.45) is 5.92 Å². The number of aliphatic hydroxyl groups is 1. The van der Waals surface area contributed by atoms with E-state index in [1.807, 2.05) is 6.92 Å². The minimum atomic E-state index is -0.370. The number of aliphatic hydroxyl groups excluding tert-OH is 1. The largest absolute Gasteiger partial charge is 0.394 e. The Balaban J connectivity index is 2.55. The molecule has 0 unspecified atom stereocenters. The van der Waals surface area contributed by atoms with Crippen LogP contribution in [0.3, 0.4) is 0 Å². The van der Waals surface area contributed by atoms with Crippen LogP contribution in [-0.2, 0) is 4.79 Å². The molecular weight excluding hydrogens is 222 g/mol. The smallest absolute Gasteiger partial charge is 0.233 e. The molecule has 1 amide bonds. The summed E-state index contributed by atoms with van der Waals surface area (Å²) in [6.07, 6.45) is 4.88. The average Bonchev–Trinajstić information content (AvgIpc) is 2.76. The first-order valence-electron chi connectivity index (χ1n) is 6.15. The predicted octanol–water partition coefficient (Wildman–Crippen LogP) is 1.75. The number of rotatable bonds is 5. The third kappa shape index (κ3) is 3.14. The molecule has 1 fully saturated rings. The molecule has 1 saturated carbocycles. The Labute approximate surface area is 103 Å². The fourth-order valence-electron chi connectivity index (χ4n) is 2.19. The van der Waals surface area contributed by atoms with Crippen LogP contribution in [-0.4, -0.2) is 28.4 Å². The lowest BCUT2D eigenvalue weighted by atomic mass is 9.97. The van der Waals surface area contributed by atoms with E-state index in [1.54, 1.807) is 0 Å². The molecule has 0 aromatic rings. The molecule has 94 valence electrons. The first-order chi connectivity index (χ1) is 7.54. The molecule has 0 saturated heterocycles. The van der Waals surface area contributed by atoms with Gasteiger partial charge in [0.05, 0.1) is 17.4 Å². The van der Waals surface area contributed by atoms with Gasteiger partial charge in [-0.25, -0.2) is 0 Å². The van der Waals surface area contributed by atoms with E-state index in [9.17, 15) is 9.90 Å². The van der Waals surface area contributed by atoms with E-state index in [2.05, 4.69) is 24.9 Å². The lowest BCUT2D eigenvalue weighted by Gasteiger charge is -2.30. The van der Waals surface area contributed by atoms with E-state index in [0.29, 0.717) is 0 Å². The Morgan fingerprint density at radius 2 is 2.06 bits per heavy atom. The SMILES string of the molecule is CC[C@@H](C)[C@@H](S)C(=O)NC1(CO)CCCC1. The van der Waals surface area contributed by atoms with Crippen molar-refractivity contribution in [3.05, 3.63) is 0 Å². The number of carbonyl (C=O) groups is 1. The first-order valence-corrected chi connectivity index (χ1v) is 6.67. The highest BCUT2D eigenvalue weighted by molar-refractivity contribution is 7.81. The minimum absolute atomic E-state index is 0.0337. The topological polar surface area (TPSA) is 49.3 Å². The molecule has 1 rings (SSSR count). The predicted molar refractivity (Wildman–Crippen MR) is 68.7 cm³/mol. The molecule has 1 aliphatic rings. The van der Waals surface area contributed by atoms with E-state index >= 15 is 0 Å². The molecule has 3 nitrogen and oxygen atoms in total. The van der Waals surface area contributed by atoms with Crippen molar-refractivity contribution >= 4 is 18.5 Å². The highest BCUT2D eigenvalue weighted by Crippen LogP contribution is 2.29. The van der Waals surface area contributed by atoms with Gasteiger partial charge in [0.1, 0.15) is 0 Å². The zero-order valence-corrected chi connectivity index (χ0v) is 11.1. The Hall–Kier alpha value is -0.220. The van der Waals surface area contributed by atoms with Gasteiger partial charge in [-0.05, 0) is 18.8 Å². The molecule has 0 spiro atoms. The van der Waals surface area contributed by atoms with Gasteiger partial charge in [-0.3, -0.25) is 4.79 Å². The van der Waals surface area contributed by atoms with Crippen molar-refractivity contribution in [2.75, 3.05) is 6.61 Å². The summed E-state index contributed by atoms with van der Waals surface area (Å²) >= 11 is 4.36. The van der Waals surface area contributed by atoms with Gasteiger partial charge in [0.2, 0.25) is 5.91 Å². The lowest BCUT2D eigenvalue weighted by molar-refractivity contribution is -0.123. The molecule has 0 aromatic heterocycles. The molecule has 0 radical (unpaired) electrons. The van der Waals surface area contributed by atoms with Gasteiger partial charge in [-0.2, -0.15) is 12.6 Å². The summed E-state index contributed by atoms with van der Waals surface area (Å²) in [4.78, 5) is 12.0. The van der Waals surface area contributed by atoms with Crippen molar-refractivity contribution in [1.82, 2.24) is 5.32 Å². The van der Waals surface area contributed by atoms with Gasteiger partial charge in [-0.1, -0.05) is 33.1 Å². The van der Waals surface area contributed by atoms with Crippen molar-refractivity contribution in [3.63, 3.8) is 0 Å².